The highest BCUT2D eigenvalue weighted by atomic mass is 16.5. The molecule has 0 unspecified atom stereocenters. The molecule has 0 heterocycles. The van der Waals surface area contributed by atoms with Crippen molar-refractivity contribution in [2.45, 2.75) is 6.54 Å². The minimum Gasteiger partial charge on any atom is -0.508 e. The Morgan fingerprint density at radius 2 is 2.00 bits per heavy atom. The summed E-state index contributed by atoms with van der Waals surface area (Å²) in [5.41, 5.74) is 1.79. The van der Waals surface area contributed by atoms with Crippen molar-refractivity contribution < 1.29 is 9.84 Å². The molecular formula is C15H14N2O2. The number of benzene rings is 2. The van der Waals surface area contributed by atoms with Crippen molar-refractivity contribution in [3.63, 3.8) is 0 Å². The third-order valence-corrected chi connectivity index (χ3v) is 2.59. The fourth-order valence-electron chi connectivity index (χ4n) is 1.71. The number of hydrogen-bond donors (Lipinski definition) is 2. The molecule has 4 nitrogen and oxygen atoms in total. The van der Waals surface area contributed by atoms with E-state index < -0.39 is 0 Å². The fourth-order valence-corrected chi connectivity index (χ4v) is 1.71. The molecule has 0 amide bonds. The lowest BCUT2D eigenvalue weighted by Crippen LogP contribution is -2.03. The van der Waals surface area contributed by atoms with E-state index in [2.05, 4.69) is 5.32 Å². The van der Waals surface area contributed by atoms with Crippen molar-refractivity contribution in [1.29, 1.82) is 5.26 Å². The van der Waals surface area contributed by atoms with Crippen molar-refractivity contribution >= 4 is 5.69 Å². The maximum absolute atomic E-state index is 9.38. The standard InChI is InChI=1S/C15H14N2O2/c16-8-9-19-15-7-2-1-4-12(15)11-17-13-5-3-6-14(18)10-13/h1-7,10,17-18H,9,11H2. The summed E-state index contributed by atoms with van der Waals surface area (Å²) in [4.78, 5) is 0. The summed E-state index contributed by atoms with van der Waals surface area (Å²) in [6, 6.07) is 16.4. The lowest BCUT2D eigenvalue weighted by atomic mass is 10.2. The highest BCUT2D eigenvalue weighted by Gasteiger charge is 2.02. The van der Waals surface area contributed by atoms with Crippen LogP contribution in [0, 0.1) is 11.3 Å². The van der Waals surface area contributed by atoms with E-state index >= 15 is 0 Å². The van der Waals surface area contributed by atoms with Gasteiger partial charge in [0.2, 0.25) is 0 Å². The van der Waals surface area contributed by atoms with Gasteiger partial charge in [-0.2, -0.15) is 5.26 Å². The average Bonchev–Trinajstić information content (AvgIpc) is 2.44. The Morgan fingerprint density at radius 1 is 1.16 bits per heavy atom. The minimum absolute atomic E-state index is 0.0309. The first-order chi connectivity index (χ1) is 9.29. The molecule has 96 valence electrons. The first-order valence-electron chi connectivity index (χ1n) is 5.90. The van der Waals surface area contributed by atoms with Gasteiger partial charge in [-0.25, -0.2) is 0 Å². The number of hydrogen-bond acceptors (Lipinski definition) is 4. The van der Waals surface area contributed by atoms with Crippen molar-refractivity contribution in [2.75, 3.05) is 11.9 Å². The van der Waals surface area contributed by atoms with Gasteiger partial charge in [-0.3, -0.25) is 0 Å². The molecule has 2 aromatic carbocycles. The van der Waals surface area contributed by atoms with E-state index in [9.17, 15) is 5.11 Å². The van der Waals surface area contributed by atoms with Crippen molar-refractivity contribution in [1.82, 2.24) is 0 Å². The van der Waals surface area contributed by atoms with Gasteiger partial charge < -0.3 is 15.2 Å². The Hall–Kier alpha value is -2.67. The van der Waals surface area contributed by atoms with Gasteiger partial charge in [0.15, 0.2) is 6.61 Å². The topological polar surface area (TPSA) is 65.3 Å². The number of nitriles is 1. The maximum atomic E-state index is 9.38. The van der Waals surface area contributed by atoms with Crippen LogP contribution in [0.3, 0.4) is 0 Å². The highest BCUT2D eigenvalue weighted by molar-refractivity contribution is 5.49. The molecule has 0 fully saturated rings. The van der Waals surface area contributed by atoms with Crippen LogP contribution >= 0.6 is 0 Å². The molecule has 0 saturated heterocycles. The van der Waals surface area contributed by atoms with Crippen LogP contribution in [-0.2, 0) is 6.54 Å². The van der Waals surface area contributed by atoms with Gasteiger partial charge in [0, 0.05) is 23.9 Å². The lowest BCUT2D eigenvalue weighted by molar-refractivity contribution is 0.364. The number of para-hydroxylation sites is 1. The largest absolute Gasteiger partial charge is 0.508 e. The fraction of sp³-hybridized carbons (Fsp3) is 0.133. The number of rotatable bonds is 5. The third-order valence-electron chi connectivity index (χ3n) is 2.59. The highest BCUT2D eigenvalue weighted by Crippen LogP contribution is 2.21. The van der Waals surface area contributed by atoms with Crippen LogP contribution in [0.1, 0.15) is 5.56 Å². The predicted octanol–water partition coefficient (Wildman–Crippen LogP) is 2.91. The minimum atomic E-state index is 0.0309. The third kappa shape index (κ3) is 3.65. The summed E-state index contributed by atoms with van der Waals surface area (Å²) in [5.74, 6) is 0.913. The summed E-state index contributed by atoms with van der Waals surface area (Å²) < 4.78 is 5.35. The SMILES string of the molecule is N#CCOc1ccccc1CNc1cccc(O)c1. The monoisotopic (exact) mass is 254 g/mol. The maximum Gasteiger partial charge on any atom is 0.174 e. The first kappa shape index (κ1) is 12.8. The van der Waals surface area contributed by atoms with E-state index in [0.29, 0.717) is 12.3 Å². The van der Waals surface area contributed by atoms with Crippen LogP contribution < -0.4 is 10.1 Å². The molecule has 0 aliphatic heterocycles. The quantitative estimate of drug-likeness (QED) is 0.861. The number of nitrogens with one attached hydrogen (secondary N) is 1. The van der Waals surface area contributed by atoms with Crippen LogP contribution in [0.2, 0.25) is 0 Å². The summed E-state index contributed by atoms with van der Waals surface area (Å²) in [7, 11) is 0. The summed E-state index contributed by atoms with van der Waals surface area (Å²) in [6.45, 7) is 0.591. The van der Waals surface area contributed by atoms with E-state index in [0.717, 1.165) is 11.3 Å². The van der Waals surface area contributed by atoms with Gasteiger partial charge in [0.25, 0.3) is 0 Å². The number of anilines is 1. The van der Waals surface area contributed by atoms with Crippen LogP contribution in [0.25, 0.3) is 0 Å². The Bertz CT molecular complexity index is 591. The Balaban J connectivity index is 2.05. The Labute approximate surface area is 111 Å². The van der Waals surface area contributed by atoms with Crippen molar-refractivity contribution in [3.05, 3.63) is 54.1 Å². The molecule has 0 spiro atoms. The van der Waals surface area contributed by atoms with E-state index in [1.807, 2.05) is 36.4 Å². The van der Waals surface area contributed by atoms with Crippen LogP contribution in [0.5, 0.6) is 11.5 Å². The van der Waals surface area contributed by atoms with Gasteiger partial charge in [0.05, 0.1) is 0 Å². The second kappa shape index (κ2) is 6.31. The number of phenols is 1. The molecule has 0 bridgehead atoms. The van der Waals surface area contributed by atoms with E-state index in [1.54, 1.807) is 18.2 Å². The number of phenolic OH excluding ortho intramolecular Hbond substituents is 1. The lowest BCUT2D eigenvalue weighted by Gasteiger charge is -2.11. The van der Waals surface area contributed by atoms with Crippen molar-refractivity contribution in [3.8, 4) is 17.6 Å². The summed E-state index contributed by atoms with van der Waals surface area (Å²) in [5, 5.41) is 21.1. The molecule has 2 N–H and O–H groups in total. The van der Waals surface area contributed by atoms with E-state index in [4.69, 9.17) is 10.00 Å². The molecule has 0 aromatic heterocycles. The Morgan fingerprint density at radius 3 is 2.79 bits per heavy atom. The second-order valence-electron chi connectivity index (χ2n) is 3.96. The van der Waals surface area contributed by atoms with Gasteiger partial charge in [0.1, 0.15) is 17.6 Å². The molecule has 0 saturated carbocycles. The van der Waals surface area contributed by atoms with E-state index in [-0.39, 0.29) is 12.4 Å². The Kier molecular flexibility index (Phi) is 4.25. The molecule has 2 rings (SSSR count). The number of ether oxygens (including phenoxy) is 1. The molecular weight excluding hydrogens is 240 g/mol. The number of nitrogens with zero attached hydrogens (tertiary/aromatic N) is 1. The summed E-state index contributed by atoms with van der Waals surface area (Å²) in [6.07, 6.45) is 0. The van der Waals surface area contributed by atoms with Gasteiger partial charge in [-0.15, -0.1) is 0 Å². The first-order valence-corrected chi connectivity index (χ1v) is 5.90. The molecule has 0 aliphatic rings. The summed E-state index contributed by atoms with van der Waals surface area (Å²) >= 11 is 0. The average molecular weight is 254 g/mol. The zero-order valence-corrected chi connectivity index (χ0v) is 10.3. The zero-order valence-electron chi connectivity index (χ0n) is 10.3. The molecule has 0 atom stereocenters. The normalized spacial score (nSPS) is 9.63. The zero-order chi connectivity index (χ0) is 13.5. The second-order valence-corrected chi connectivity index (χ2v) is 3.96. The number of aromatic hydroxyl groups is 1. The molecule has 4 heteroatoms. The molecule has 0 radical (unpaired) electrons. The van der Waals surface area contributed by atoms with Crippen LogP contribution in [0.4, 0.5) is 5.69 Å². The van der Waals surface area contributed by atoms with Gasteiger partial charge in [-0.05, 0) is 18.2 Å². The van der Waals surface area contributed by atoms with Gasteiger partial charge >= 0.3 is 0 Å². The van der Waals surface area contributed by atoms with Crippen molar-refractivity contribution in [2.24, 2.45) is 0 Å². The smallest absolute Gasteiger partial charge is 0.174 e. The van der Waals surface area contributed by atoms with E-state index in [1.165, 1.54) is 0 Å². The van der Waals surface area contributed by atoms with Crippen LogP contribution in [0.15, 0.2) is 48.5 Å². The van der Waals surface area contributed by atoms with Gasteiger partial charge in [-0.1, -0.05) is 24.3 Å². The molecule has 2 aromatic rings. The molecule has 0 aliphatic carbocycles. The molecule has 19 heavy (non-hydrogen) atoms. The van der Waals surface area contributed by atoms with Crippen LogP contribution in [-0.4, -0.2) is 11.7 Å². The predicted molar refractivity (Wildman–Crippen MR) is 73.0 cm³/mol.